The van der Waals surface area contributed by atoms with Gasteiger partial charge in [0.25, 0.3) is 0 Å². The van der Waals surface area contributed by atoms with Gasteiger partial charge in [0.05, 0.1) is 6.04 Å². The van der Waals surface area contributed by atoms with Crippen molar-refractivity contribution in [1.82, 2.24) is 0 Å². The molecule has 4 N–H and O–H groups in total. The van der Waals surface area contributed by atoms with E-state index in [4.69, 9.17) is 11.5 Å². The summed E-state index contributed by atoms with van der Waals surface area (Å²) in [4.78, 5) is 10.9. The largest absolute Gasteiger partial charge is 0.330 e. The fourth-order valence-corrected chi connectivity index (χ4v) is 0.848. The number of rotatable bonds is 6. The molecule has 0 fully saturated rings. The van der Waals surface area contributed by atoms with Gasteiger partial charge in [0.1, 0.15) is 5.78 Å². The molecule has 0 heterocycles. The van der Waals surface area contributed by atoms with Gasteiger partial charge in [-0.3, -0.25) is 4.79 Å². The molecule has 66 valence electrons. The fourth-order valence-electron chi connectivity index (χ4n) is 0.848. The Morgan fingerprint density at radius 3 is 2.45 bits per heavy atom. The van der Waals surface area contributed by atoms with E-state index in [9.17, 15) is 4.79 Å². The zero-order chi connectivity index (χ0) is 8.69. The second-order valence-corrected chi connectivity index (χ2v) is 2.85. The lowest BCUT2D eigenvalue weighted by molar-refractivity contribution is -0.120. The van der Waals surface area contributed by atoms with Crippen LogP contribution >= 0.6 is 0 Å². The lowest BCUT2D eigenvalue weighted by Crippen LogP contribution is -2.26. The SMILES string of the molecule is CC(N)C(=O)CCCCCN. The maximum atomic E-state index is 10.9. The summed E-state index contributed by atoms with van der Waals surface area (Å²) in [7, 11) is 0. The van der Waals surface area contributed by atoms with Gasteiger partial charge in [-0.05, 0) is 26.3 Å². The molecule has 0 spiro atoms. The summed E-state index contributed by atoms with van der Waals surface area (Å²) in [6, 6.07) is -0.298. The van der Waals surface area contributed by atoms with Gasteiger partial charge in [0, 0.05) is 6.42 Å². The molecule has 0 rings (SSSR count). The van der Waals surface area contributed by atoms with Crippen LogP contribution in [0.1, 0.15) is 32.6 Å². The third-order valence-corrected chi connectivity index (χ3v) is 1.64. The van der Waals surface area contributed by atoms with Crippen molar-refractivity contribution in [3.05, 3.63) is 0 Å². The lowest BCUT2D eigenvalue weighted by Gasteiger charge is -2.02. The van der Waals surface area contributed by atoms with E-state index >= 15 is 0 Å². The minimum Gasteiger partial charge on any atom is -0.330 e. The molecule has 1 atom stereocenters. The van der Waals surface area contributed by atoms with E-state index in [-0.39, 0.29) is 11.8 Å². The van der Waals surface area contributed by atoms with E-state index in [1.807, 2.05) is 0 Å². The van der Waals surface area contributed by atoms with Gasteiger partial charge in [0.2, 0.25) is 0 Å². The molecular formula is C8H18N2O. The zero-order valence-corrected chi connectivity index (χ0v) is 7.18. The van der Waals surface area contributed by atoms with Gasteiger partial charge in [-0.1, -0.05) is 6.42 Å². The molecule has 11 heavy (non-hydrogen) atoms. The Morgan fingerprint density at radius 1 is 1.36 bits per heavy atom. The quantitative estimate of drug-likeness (QED) is 0.550. The maximum absolute atomic E-state index is 10.9. The average molecular weight is 158 g/mol. The monoisotopic (exact) mass is 158 g/mol. The summed E-state index contributed by atoms with van der Waals surface area (Å²) in [6.07, 6.45) is 3.58. The number of hydrogen-bond donors (Lipinski definition) is 2. The van der Waals surface area contributed by atoms with E-state index in [1.54, 1.807) is 6.92 Å². The zero-order valence-electron chi connectivity index (χ0n) is 7.18. The van der Waals surface area contributed by atoms with Gasteiger partial charge in [0.15, 0.2) is 0 Å². The molecule has 0 saturated heterocycles. The molecule has 0 aliphatic carbocycles. The normalized spacial score (nSPS) is 13.0. The van der Waals surface area contributed by atoms with Crippen LogP contribution in [0.5, 0.6) is 0 Å². The Balaban J connectivity index is 3.18. The van der Waals surface area contributed by atoms with Crippen LogP contribution in [0.25, 0.3) is 0 Å². The van der Waals surface area contributed by atoms with Crippen molar-refractivity contribution in [1.29, 1.82) is 0 Å². The van der Waals surface area contributed by atoms with Crippen LogP contribution in [0.2, 0.25) is 0 Å². The predicted molar refractivity (Wildman–Crippen MR) is 46.2 cm³/mol. The molecule has 0 radical (unpaired) electrons. The highest BCUT2D eigenvalue weighted by Crippen LogP contribution is 2.00. The van der Waals surface area contributed by atoms with Crippen molar-refractivity contribution in [2.24, 2.45) is 11.5 Å². The molecule has 0 aliphatic heterocycles. The highest BCUT2D eigenvalue weighted by molar-refractivity contribution is 5.83. The van der Waals surface area contributed by atoms with Gasteiger partial charge in [-0.2, -0.15) is 0 Å². The summed E-state index contributed by atoms with van der Waals surface area (Å²) in [6.45, 7) is 2.44. The van der Waals surface area contributed by atoms with Gasteiger partial charge in [-0.15, -0.1) is 0 Å². The van der Waals surface area contributed by atoms with E-state index in [1.165, 1.54) is 0 Å². The second kappa shape index (κ2) is 6.31. The Morgan fingerprint density at radius 2 is 2.00 bits per heavy atom. The molecule has 0 saturated carbocycles. The van der Waals surface area contributed by atoms with Crippen molar-refractivity contribution in [3.8, 4) is 0 Å². The van der Waals surface area contributed by atoms with Crippen molar-refractivity contribution < 1.29 is 4.79 Å². The molecule has 1 unspecified atom stereocenters. The van der Waals surface area contributed by atoms with Crippen molar-refractivity contribution in [2.75, 3.05) is 6.54 Å². The first-order valence-electron chi connectivity index (χ1n) is 4.17. The van der Waals surface area contributed by atoms with Crippen LogP contribution in [0.15, 0.2) is 0 Å². The fraction of sp³-hybridized carbons (Fsp3) is 0.875. The van der Waals surface area contributed by atoms with Crippen LogP contribution in [0.3, 0.4) is 0 Å². The summed E-state index contributed by atoms with van der Waals surface area (Å²) in [5, 5.41) is 0. The molecule has 0 amide bonds. The average Bonchev–Trinajstić information content (AvgIpc) is 1.97. The van der Waals surface area contributed by atoms with Crippen molar-refractivity contribution in [2.45, 2.75) is 38.6 Å². The summed E-state index contributed by atoms with van der Waals surface area (Å²) in [5.74, 6) is 0.155. The topological polar surface area (TPSA) is 69.1 Å². The van der Waals surface area contributed by atoms with Crippen molar-refractivity contribution >= 4 is 5.78 Å². The Hall–Kier alpha value is -0.410. The maximum Gasteiger partial charge on any atom is 0.149 e. The van der Waals surface area contributed by atoms with Gasteiger partial charge in [-0.25, -0.2) is 0 Å². The standard InChI is InChI=1S/C8H18N2O/c1-7(10)8(11)5-3-2-4-6-9/h7H,2-6,9-10H2,1H3. The van der Waals surface area contributed by atoms with E-state index in [0.29, 0.717) is 13.0 Å². The first kappa shape index (κ1) is 10.6. The summed E-state index contributed by atoms with van der Waals surface area (Å²) < 4.78 is 0. The molecule has 3 nitrogen and oxygen atoms in total. The second-order valence-electron chi connectivity index (χ2n) is 2.85. The lowest BCUT2D eigenvalue weighted by atomic mass is 10.1. The van der Waals surface area contributed by atoms with Crippen molar-refractivity contribution in [3.63, 3.8) is 0 Å². The van der Waals surface area contributed by atoms with Crippen LogP contribution in [0, 0.1) is 0 Å². The number of nitrogens with two attached hydrogens (primary N) is 2. The van der Waals surface area contributed by atoms with Gasteiger partial charge < -0.3 is 11.5 Å². The molecular weight excluding hydrogens is 140 g/mol. The Kier molecular flexibility index (Phi) is 6.07. The first-order valence-corrected chi connectivity index (χ1v) is 4.17. The first-order chi connectivity index (χ1) is 5.18. The number of ketones is 1. The molecule has 0 bridgehead atoms. The van der Waals surface area contributed by atoms with Crippen LogP contribution in [0.4, 0.5) is 0 Å². The van der Waals surface area contributed by atoms with E-state index < -0.39 is 0 Å². The molecule has 0 aromatic rings. The third kappa shape index (κ3) is 6.01. The predicted octanol–water partition coefficient (Wildman–Crippen LogP) is 0.422. The van der Waals surface area contributed by atoms with Crippen LogP contribution in [-0.4, -0.2) is 18.4 Å². The molecule has 0 aromatic carbocycles. The third-order valence-electron chi connectivity index (χ3n) is 1.64. The Bertz CT molecular complexity index is 113. The number of carbonyl (C=O) groups excluding carboxylic acids is 1. The Labute approximate surface area is 68.1 Å². The van der Waals surface area contributed by atoms with Crippen LogP contribution < -0.4 is 11.5 Å². The van der Waals surface area contributed by atoms with Crippen LogP contribution in [-0.2, 0) is 4.79 Å². The number of unbranched alkanes of at least 4 members (excludes halogenated alkanes) is 2. The number of carbonyl (C=O) groups is 1. The number of Topliss-reactive ketones (excluding diaryl/α,β-unsaturated/α-hetero) is 1. The molecule has 0 aromatic heterocycles. The minimum atomic E-state index is -0.298. The highest BCUT2D eigenvalue weighted by atomic mass is 16.1. The molecule has 0 aliphatic rings. The molecule has 3 heteroatoms. The van der Waals surface area contributed by atoms with E-state index in [2.05, 4.69) is 0 Å². The summed E-state index contributed by atoms with van der Waals surface area (Å²) >= 11 is 0. The smallest absolute Gasteiger partial charge is 0.149 e. The highest BCUT2D eigenvalue weighted by Gasteiger charge is 2.05. The van der Waals surface area contributed by atoms with Gasteiger partial charge >= 0.3 is 0 Å². The number of hydrogen-bond acceptors (Lipinski definition) is 3. The van der Waals surface area contributed by atoms with E-state index in [0.717, 1.165) is 19.3 Å². The minimum absolute atomic E-state index is 0.155. The summed E-state index contributed by atoms with van der Waals surface area (Å²) in [5.41, 5.74) is 10.7.